The summed E-state index contributed by atoms with van der Waals surface area (Å²) in [4.78, 5) is 26.2. The summed E-state index contributed by atoms with van der Waals surface area (Å²) < 4.78 is 0. The van der Waals surface area contributed by atoms with E-state index in [0.717, 1.165) is 22.4 Å². The van der Waals surface area contributed by atoms with E-state index in [1.54, 1.807) is 18.0 Å². The first kappa shape index (κ1) is 20.9. The highest BCUT2D eigenvalue weighted by Crippen LogP contribution is 2.22. The maximum Gasteiger partial charge on any atom is 0.238 e. The van der Waals surface area contributed by atoms with Gasteiger partial charge in [0.1, 0.15) is 0 Å². The van der Waals surface area contributed by atoms with Gasteiger partial charge in [-0.25, -0.2) is 0 Å². The molecule has 144 valence electrons. The molecule has 2 aromatic carbocycles. The van der Waals surface area contributed by atoms with Crippen LogP contribution in [0.3, 0.4) is 0 Å². The van der Waals surface area contributed by atoms with Crippen molar-refractivity contribution in [3.8, 4) is 0 Å². The topological polar surface area (TPSA) is 61.4 Å². The molecule has 0 saturated heterocycles. The summed E-state index contributed by atoms with van der Waals surface area (Å²) in [5, 5.41) is 6.43. The molecule has 5 nitrogen and oxygen atoms in total. The van der Waals surface area contributed by atoms with Crippen LogP contribution in [0.25, 0.3) is 0 Å². The van der Waals surface area contributed by atoms with Crippen LogP contribution < -0.4 is 10.6 Å². The number of carbonyl (C=O) groups is 2. The SMILES string of the molecule is Cc1cccc(NC(=O)CN(C)CC(=O)N[C@H](C)c2ccccc2Cl)c1C. The van der Waals surface area contributed by atoms with Crippen molar-refractivity contribution in [1.29, 1.82) is 0 Å². The highest BCUT2D eigenvalue weighted by molar-refractivity contribution is 6.31. The van der Waals surface area contributed by atoms with Gasteiger partial charge in [-0.05, 0) is 56.6 Å². The van der Waals surface area contributed by atoms with E-state index in [-0.39, 0.29) is 30.9 Å². The van der Waals surface area contributed by atoms with Gasteiger partial charge in [0.15, 0.2) is 0 Å². The number of anilines is 1. The molecule has 0 bridgehead atoms. The van der Waals surface area contributed by atoms with Crippen molar-refractivity contribution < 1.29 is 9.59 Å². The average molecular weight is 388 g/mol. The fraction of sp³-hybridized carbons (Fsp3) is 0.333. The summed E-state index contributed by atoms with van der Waals surface area (Å²) >= 11 is 6.16. The Morgan fingerprint density at radius 2 is 1.70 bits per heavy atom. The molecule has 2 amide bonds. The molecule has 0 spiro atoms. The molecule has 0 aliphatic rings. The van der Waals surface area contributed by atoms with Gasteiger partial charge >= 0.3 is 0 Å². The summed E-state index contributed by atoms with van der Waals surface area (Å²) in [7, 11) is 1.74. The first-order chi connectivity index (χ1) is 12.8. The second-order valence-electron chi connectivity index (χ2n) is 6.78. The van der Waals surface area contributed by atoms with Crippen molar-refractivity contribution in [3.05, 3.63) is 64.2 Å². The van der Waals surface area contributed by atoms with Crippen LogP contribution in [-0.2, 0) is 9.59 Å². The van der Waals surface area contributed by atoms with E-state index in [9.17, 15) is 9.59 Å². The van der Waals surface area contributed by atoms with E-state index >= 15 is 0 Å². The van der Waals surface area contributed by atoms with Crippen LogP contribution in [0, 0.1) is 13.8 Å². The Hall–Kier alpha value is -2.37. The van der Waals surface area contributed by atoms with Crippen LogP contribution >= 0.6 is 11.6 Å². The number of nitrogens with one attached hydrogen (secondary N) is 2. The minimum atomic E-state index is -0.205. The number of hydrogen-bond donors (Lipinski definition) is 2. The van der Waals surface area contributed by atoms with Crippen LogP contribution in [0.4, 0.5) is 5.69 Å². The van der Waals surface area contributed by atoms with Crippen molar-refractivity contribution in [1.82, 2.24) is 10.2 Å². The minimum absolute atomic E-state index is 0.120. The lowest BCUT2D eigenvalue weighted by molar-refractivity contribution is -0.123. The average Bonchev–Trinajstić information content (AvgIpc) is 2.58. The number of likely N-dealkylation sites (N-methyl/N-ethyl adjacent to an activating group) is 1. The monoisotopic (exact) mass is 387 g/mol. The third-order valence-electron chi connectivity index (χ3n) is 4.45. The van der Waals surface area contributed by atoms with Crippen LogP contribution in [0.2, 0.25) is 5.02 Å². The number of aryl methyl sites for hydroxylation is 1. The van der Waals surface area contributed by atoms with Crippen LogP contribution in [0.1, 0.15) is 29.7 Å². The van der Waals surface area contributed by atoms with Gasteiger partial charge in [0.05, 0.1) is 19.1 Å². The Kier molecular flexibility index (Phi) is 7.39. The first-order valence-electron chi connectivity index (χ1n) is 8.86. The normalized spacial score (nSPS) is 11.9. The molecule has 27 heavy (non-hydrogen) atoms. The Morgan fingerprint density at radius 3 is 2.41 bits per heavy atom. The molecule has 0 heterocycles. The Bertz CT molecular complexity index is 823. The lowest BCUT2D eigenvalue weighted by atomic mass is 10.1. The number of amides is 2. The molecule has 2 rings (SSSR count). The van der Waals surface area contributed by atoms with E-state index in [1.165, 1.54) is 0 Å². The summed E-state index contributed by atoms with van der Waals surface area (Å²) in [5.74, 6) is -0.317. The largest absolute Gasteiger partial charge is 0.348 e. The second kappa shape index (κ2) is 9.53. The molecular weight excluding hydrogens is 362 g/mol. The summed E-state index contributed by atoms with van der Waals surface area (Å²) in [6.45, 7) is 6.10. The molecule has 1 atom stereocenters. The van der Waals surface area contributed by atoms with Crippen LogP contribution in [0.15, 0.2) is 42.5 Å². The fourth-order valence-electron chi connectivity index (χ4n) is 2.81. The summed E-state index contributed by atoms with van der Waals surface area (Å²) in [6.07, 6.45) is 0. The van der Waals surface area contributed by atoms with E-state index in [0.29, 0.717) is 5.02 Å². The smallest absolute Gasteiger partial charge is 0.238 e. The predicted molar refractivity (Wildman–Crippen MR) is 110 cm³/mol. The second-order valence-corrected chi connectivity index (χ2v) is 7.19. The summed E-state index contributed by atoms with van der Waals surface area (Å²) in [6, 6.07) is 13.0. The van der Waals surface area contributed by atoms with E-state index in [2.05, 4.69) is 10.6 Å². The van der Waals surface area contributed by atoms with Gasteiger partial charge in [0.2, 0.25) is 11.8 Å². The van der Waals surface area contributed by atoms with Crippen LogP contribution in [-0.4, -0.2) is 36.9 Å². The standard InChI is InChI=1S/C21H26ClN3O2/c1-14-8-7-11-19(15(14)2)24-21(27)13-25(4)12-20(26)23-16(3)17-9-5-6-10-18(17)22/h5-11,16H,12-13H2,1-4H3,(H,23,26)(H,24,27)/t16-/m1/s1. The highest BCUT2D eigenvalue weighted by Gasteiger charge is 2.15. The number of benzene rings is 2. The first-order valence-corrected chi connectivity index (χ1v) is 9.24. The Morgan fingerprint density at radius 1 is 1.04 bits per heavy atom. The summed E-state index contributed by atoms with van der Waals surface area (Å²) in [5.41, 5.74) is 3.82. The highest BCUT2D eigenvalue weighted by atomic mass is 35.5. The zero-order chi connectivity index (χ0) is 20.0. The number of nitrogens with zero attached hydrogens (tertiary/aromatic N) is 1. The van der Waals surface area contributed by atoms with Crippen molar-refractivity contribution in [2.45, 2.75) is 26.8 Å². The van der Waals surface area contributed by atoms with E-state index < -0.39 is 0 Å². The lowest BCUT2D eigenvalue weighted by Crippen LogP contribution is -2.39. The van der Waals surface area contributed by atoms with Crippen molar-refractivity contribution >= 4 is 29.1 Å². The third-order valence-corrected chi connectivity index (χ3v) is 4.80. The zero-order valence-electron chi connectivity index (χ0n) is 16.2. The predicted octanol–water partition coefficient (Wildman–Crippen LogP) is 3.70. The van der Waals surface area contributed by atoms with Gasteiger partial charge < -0.3 is 10.6 Å². The van der Waals surface area contributed by atoms with Gasteiger partial charge in [-0.1, -0.05) is 41.9 Å². The van der Waals surface area contributed by atoms with Crippen molar-refractivity contribution in [3.63, 3.8) is 0 Å². The number of halogens is 1. The van der Waals surface area contributed by atoms with Crippen molar-refractivity contribution in [2.24, 2.45) is 0 Å². The number of rotatable bonds is 7. The van der Waals surface area contributed by atoms with Crippen LogP contribution in [0.5, 0.6) is 0 Å². The molecule has 0 saturated carbocycles. The molecule has 0 unspecified atom stereocenters. The molecule has 0 radical (unpaired) electrons. The van der Waals surface area contributed by atoms with Gasteiger partial charge in [-0.2, -0.15) is 0 Å². The zero-order valence-corrected chi connectivity index (χ0v) is 16.9. The molecule has 6 heteroatoms. The quantitative estimate of drug-likeness (QED) is 0.761. The van der Waals surface area contributed by atoms with E-state index in [4.69, 9.17) is 11.6 Å². The number of carbonyl (C=O) groups excluding carboxylic acids is 2. The van der Waals surface area contributed by atoms with Crippen molar-refractivity contribution in [2.75, 3.05) is 25.5 Å². The molecule has 0 fully saturated rings. The Labute approximate surface area is 165 Å². The van der Waals surface area contributed by atoms with E-state index in [1.807, 2.05) is 57.2 Å². The maximum atomic E-state index is 12.3. The molecule has 0 aromatic heterocycles. The molecule has 0 aliphatic carbocycles. The molecule has 2 aromatic rings. The van der Waals surface area contributed by atoms with Gasteiger partial charge in [0.25, 0.3) is 0 Å². The van der Waals surface area contributed by atoms with Gasteiger partial charge in [-0.3, -0.25) is 14.5 Å². The minimum Gasteiger partial charge on any atom is -0.348 e. The lowest BCUT2D eigenvalue weighted by Gasteiger charge is -2.20. The molecule has 0 aliphatic heterocycles. The third kappa shape index (κ3) is 6.08. The molecule has 2 N–H and O–H groups in total. The van der Waals surface area contributed by atoms with Gasteiger partial charge in [-0.15, -0.1) is 0 Å². The molecular formula is C21H26ClN3O2. The Balaban J connectivity index is 1.84. The van der Waals surface area contributed by atoms with Gasteiger partial charge in [0, 0.05) is 10.7 Å². The number of hydrogen-bond acceptors (Lipinski definition) is 3. The maximum absolute atomic E-state index is 12.3. The fourth-order valence-corrected chi connectivity index (χ4v) is 3.11.